The van der Waals surface area contributed by atoms with Crippen molar-refractivity contribution in [1.29, 1.82) is 0 Å². The molecule has 2 heterocycles. The van der Waals surface area contributed by atoms with Gasteiger partial charge in [-0.3, -0.25) is 13.9 Å². The van der Waals surface area contributed by atoms with Gasteiger partial charge in [0.25, 0.3) is 0 Å². The number of nitrogens with zero attached hydrogens (tertiary/aromatic N) is 2. The molecular weight excluding hydrogens is 498 g/mol. The second-order valence-electron chi connectivity index (χ2n) is 8.61. The van der Waals surface area contributed by atoms with E-state index in [0.29, 0.717) is 0 Å². The predicted octanol–water partition coefficient (Wildman–Crippen LogP) is 1.99. The van der Waals surface area contributed by atoms with Crippen molar-refractivity contribution in [2.75, 3.05) is 12.3 Å². The molecule has 1 aliphatic rings. The van der Waals surface area contributed by atoms with Crippen molar-refractivity contribution in [3.8, 4) is 5.75 Å². The summed E-state index contributed by atoms with van der Waals surface area (Å²) in [5, 5.41) is 13.2. The highest BCUT2D eigenvalue weighted by molar-refractivity contribution is 7.52. The number of rotatable bonds is 10. The van der Waals surface area contributed by atoms with E-state index in [-0.39, 0.29) is 5.75 Å². The highest BCUT2D eigenvalue weighted by atomic mass is 31.2. The Balaban J connectivity index is 1.77. The Morgan fingerprint density at radius 3 is 2.64 bits per heavy atom. The Labute approximate surface area is 207 Å². The third-order valence-corrected chi connectivity index (χ3v) is 6.97. The molecule has 0 aliphatic carbocycles. The van der Waals surface area contributed by atoms with Crippen LogP contribution in [-0.2, 0) is 23.4 Å². The lowest BCUT2D eigenvalue weighted by Gasteiger charge is -2.25. The fourth-order valence-electron chi connectivity index (χ4n) is 3.49. The number of anilines is 1. The third-order valence-electron chi connectivity index (χ3n) is 5.33. The van der Waals surface area contributed by atoms with Gasteiger partial charge in [-0.05, 0) is 32.9 Å². The number of para-hydroxylation sites is 1. The Bertz CT molecular complexity index is 1160. The van der Waals surface area contributed by atoms with Crippen LogP contribution in [0.1, 0.15) is 33.9 Å². The molecule has 6 atom stereocenters. The number of nitrogens with one attached hydrogen (secondary N) is 1. The first-order chi connectivity index (χ1) is 16.9. The van der Waals surface area contributed by atoms with Crippen LogP contribution < -0.4 is 21.0 Å². The largest absolute Gasteiger partial charge is 0.462 e. The fraction of sp³-hybridized carbons (Fsp3) is 0.500. The number of nitrogen functional groups attached to an aromatic ring is 1. The molecule has 198 valence electrons. The minimum atomic E-state index is -4.21. The van der Waals surface area contributed by atoms with Gasteiger partial charge in [0, 0.05) is 5.92 Å². The zero-order chi connectivity index (χ0) is 26.6. The Kier molecular flexibility index (Phi) is 8.85. The summed E-state index contributed by atoms with van der Waals surface area (Å²) in [6, 6.07) is 7.07. The number of benzene rings is 1. The molecule has 0 saturated carbocycles. The molecule has 36 heavy (non-hydrogen) atoms. The predicted molar refractivity (Wildman–Crippen MR) is 126 cm³/mol. The molecular formula is C22H30FN4O8P. The quantitative estimate of drug-likeness (QED) is 0.305. The van der Waals surface area contributed by atoms with Gasteiger partial charge >= 0.3 is 19.4 Å². The van der Waals surface area contributed by atoms with E-state index >= 15 is 0 Å². The van der Waals surface area contributed by atoms with Crippen LogP contribution in [0.4, 0.5) is 10.2 Å². The van der Waals surface area contributed by atoms with Crippen molar-refractivity contribution in [3.63, 3.8) is 0 Å². The molecule has 0 amide bonds. The third kappa shape index (κ3) is 6.68. The highest BCUT2D eigenvalue weighted by Gasteiger charge is 2.44. The minimum absolute atomic E-state index is 0.201. The molecule has 0 radical (unpaired) electrons. The van der Waals surface area contributed by atoms with Gasteiger partial charge < -0.3 is 24.8 Å². The Morgan fingerprint density at radius 2 is 2.00 bits per heavy atom. The van der Waals surface area contributed by atoms with Gasteiger partial charge in [-0.2, -0.15) is 10.1 Å². The zero-order valence-electron chi connectivity index (χ0n) is 20.2. The molecule has 4 N–H and O–H groups in total. The van der Waals surface area contributed by atoms with Crippen molar-refractivity contribution >= 4 is 19.5 Å². The van der Waals surface area contributed by atoms with Gasteiger partial charge in [0.2, 0.25) is 0 Å². The van der Waals surface area contributed by atoms with E-state index in [2.05, 4.69) is 10.1 Å². The first-order valence-electron chi connectivity index (χ1n) is 11.3. The van der Waals surface area contributed by atoms with Gasteiger partial charge in [-0.25, -0.2) is 13.8 Å². The lowest BCUT2D eigenvalue weighted by molar-refractivity contribution is -0.149. The number of hydrogen-bond donors (Lipinski definition) is 3. The van der Waals surface area contributed by atoms with E-state index < -0.39 is 74.1 Å². The number of nitrogens with two attached hydrogens (primary N) is 1. The molecule has 1 fully saturated rings. The zero-order valence-corrected chi connectivity index (χ0v) is 21.1. The fourth-order valence-corrected chi connectivity index (χ4v) is 5.00. The number of carbonyl (C=O) groups is 1. The lowest BCUT2D eigenvalue weighted by Crippen LogP contribution is -2.37. The molecule has 0 spiro atoms. The summed E-state index contributed by atoms with van der Waals surface area (Å²) < 4.78 is 50.4. The number of hydrogen-bond acceptors (Lipinski definition) is 10. The number of ether oxygens (including phenoxy) is 2. The van der Waals surface area contributed by atoms with Crippen LogP contribution in [0.3, 0.4) is 0 Å². The van der Waals surface area contributed by atoms with Crippen LogP contribution in [0, 0.1) is 11.7 Å². The van der Waals surface area contributed by atoms with E-state index in [1.54, 1.807) is 51.1 Å². The van der Waals surface area contributed by atoms with Crippen LogP contribution in [0.15, 0.2) is 41.3 Å². The molecule has 14 heteroatoms. The van der Waals surface area contributed by atoms with Crippen LogP contribution in [-0.4, -0.2) is 51.6 Å². The number of aliphatic hydroxyl groups is 1. The first-order valence-corrected chi connectivity index (χ1v) is 12.8. The van der Waals surface area contributed by atoms with Crippen LogP contribution >= 0.6 is 7.75 Å². The number of halogens is 1. The Morgan fingerprint density at radius 1 is 1.33 bits per heavy atom. The number of aliphatic hydroxyl groups excluding tert-OH is 1. The summed E-state index contributed by atoms with van der Waals surface area (Å²) in [6.45, 7) is 5.91. The topological polar surface area (TPSA) is 164 Å². The standard InChI is InChI=1S/C22H30FN4O8P/c1-12(2)33-21(29)14(4)26-36(31,35-15-8-6-5-7-9-15)32-11-17-18(28)13(3)20(34-17)27-10-16(23)19(24)25-22(27)30/h5-10,12-14,17-18,20,28H,11H2,1-4H3,(H,26,31)(H2,24,25,30)/t13-,14+,17+,18-,20+,36+/m0/s1. The van der Waals surface area contributed by atoms with Gasteiger partial charge in [0.15, 0.2) is 11.6 Å². The maximum absolute atomic E-state index is 13.9. The molecule has 1 aliphatic heterocycles. The Hall–Kier alpha value is -2.83. The lowest BCUT2D eigenvalue weighted by atomic mass is 10.0. The van der Waals surface area contributed by atoms with Crippen LogP contribution in [0.2, 0.25) is 0 Å². The second kappa shape index (κ2) is 11.5. The average molecular weight is 528 g/mol. The summed E-state index contributed by atoms with van der Waals surface area (Å²) >= 11 is 0. The van der Waals surface area contributed by atoms with Gasteiger partial charge in [-0.15, -0.1) is 0 Å². The van der Waals surface area contributed by atoms with Gasteiger partial charge in [0.05, 0.1) is 25.0 Å². The van der Waals surface area contributed by atoms with Crippen molar-refractivity contribution in [2.24, 2.45) is 5.92 Å². The van der Waals surface area contributed by atoms with Crippen molar-refractivity contribution in [2.45, 2.75) is 58.3 Å². The molecule has 3 rings (SSSR count). The van der Waals surface area contributed by atoms with Crippen molar-refractivity contribution in [3.05, 3.63) is 52.8 Å². The summed E-state index contributed by atoms with van der Waals surface area (Å²) in [5.41, 5.74) is 4.47. The maximum Gasteiger partial charge on any atom is 0.459 e. The van der Waals surface area contributed by atoms with Gasteiger partial charge in [0.1, 0.15) is 24.1 Å². The molecule has 0 unspecified atom stereocenters. The molecule has 1 aromatic carbocycles. The molecule has 2 aromatic rings. The van der Waals surface area contributed by atoms with E-state index in [9.17, 15) is 23.7 Å². The minimum Gasteiger partial charge on any atom is -0.462 e. The van der Waals surface area contributed by atoms with Gasteiger partial charge in [-0.1, -0.05) is 25.1 Å². The van der Waals surface area contributed by atoms with Crippen molar-refractivity contribution in [1.82, 2.24) is 14.6 Å². The maximum atomic E-state index is 13.9. The summed E-state index contributed by atoms with van der Waals surface area (Å²) in [7, 11) is -4.21. The number of esters is 1. The van der Waals surface area contributed by atoms with E-state index in [1.165, 1.54) is 6.92 Å². The SMILES string of the molecule is CC(C)OC(=O)[C@@H](C)N[P@@](=O)(OC[C@H]1O[C@@H](n2cc(F)c(N)nc2=O)[C@@H](C)[C@@H]1O)Oc1ccccc1. The molecule has 1 aromatic heterocycles. The van der Waals surface area contributed by atoms with E-state index in [1.807, 2.05) is 0 Å². The van der Waals surface area contributed by atoms with Crippen LogP contribution in [0.5, 0.6) is 5.75 Å². The smallest absolute Gasteiger partial charge is 0.459 e. The van der Waals surface area contributed by atoms with E-state index in [0.717, 1.165) is 10.8 Å². The van der Waals surface area contributed by atoms with Crippen molar-refractivity contribution < 1.29 is 37.4 Å². The molecule has 1 saturated heterocycles. The normalized spacial score (nSPS) is 24.3. The summed E-state index contributed by atoms with van der Waals surface area (Å²) in [4.78, 5) is 27.9. The van der Waals surface area contributed by atoms with E-state index in [4.69, 9.17) is 24.3 Å². The summed E-state index contributed by atoms with van der Waals surface area (Å²) in [5.74, 6) is -2.65. The molecule has 0 bridgehead atoms. The average Bonchev–Trinajstić information content (AvgIpc) is 3.08. The summed E-state index contributed by atoms with van der Waals surface area (Å²) in [6.07, 6.45) is -2.91. The monoisotopic (exact) mass is 528 g/mol. The second-order valence-corrected chi connectivity index (χ2v) is 10.3. The number of aromatic nitrogens is 2. The number of carbonyl (C=O) groups excluding carboxylic acids is 1. The highest BCUT2D eigenvalue weighted by Crippen LogP contribution is 2.46. The van der Waals surface area contributed by atoms with Crippen LogP contribution in [0.25, 0.3) is 0 Å². The molecule has 12 nitrogen and oxygen atoms in total. The first kappa shape index (κ1) is 27.8.